The van der Waals surface area contributed by atoms with Gasteiger partial charge >= 0.3 is 12.1 Å². The number of nitrogens with zero attached hydrogens (tertiary/aromatic N) is 4. The van der Waals surface area contributed by atoms with E-state index in [2.05, 4.69) is 20.2 Å². The van der Waals surface area contributed by atoms with Crippen molar-refractivity contribution < 1.29 is 36.7 Å². The summed E-state index contributed by atoms with van der Waals surface area (Å²) in [6.07, 6.45) is 0.0703. The number of hydrogen-bond acceptors (Lipinski definition) is 9. The molecule has 2 aliphatic heterocycles. The highest BCUT2D eigenvalue weighted by Gasteiger charge is 2.42. The van der Waals surface area contributed by atoms with Gasteiger partial charge in [-0.1, -0.05) is 13.0 Å². The number of rotatable bonds is 8. The van der Waals surface area contributed by atoms with Gasteiger partial charge in [0.25, 0.3) is 11.9 Å². The zero-order chi connectivity index (χ0) is 30.6. The average molecular weight is 602 g/mol. The summed E-state index contributed by atoms with van der Waals surface area (Å²) in [6.45, 7) is 5.02. The van der Waals surface area contributed by atoms with Crippen LogP contribution in [0.1, 0.15) is 59.2 Å². The van der Waals surface area contributed by atoms with Gasteiger partial charge in [0, 0.05) is 26.2 Å². The van der Waals surface area contributed by atoms with Gasteiger partial charge in [0.05, 0.1) is 31.2 Å². The molecule has 230 valence electrons. The molecule has 1 unspecified atom stereocenters. The number of hydrogen-bond donors (Lipinski definition) is 1. The molecule has 4 heterocycles. The Bertz CT molecular complexity index is 1420. The molecule has 1 aromatic carbocycles. The second kappa shape index (κ2) is 12.9. The maximum Gasteiger partial charge on any atom is 0.437 e. The van der Waals surface area contributed by atoms with Crippen molar-refractivity contribution in [2.75, 3.05) is 55.0 Å². The van der Waals surface area contributed by atoms with Crippen molar-refractivity contribution >= 4 is 29.4 Å². The van der Waals surface area contributed by atoms with Crippen molar-refractivity contribution in [1.82, 2.24) is 9.97 Å². The number of amides is 1. The van der Waals surface area contributed by atoms with E-state index < -0.39 is 29.5 Å². The van der Waals surface area contributed by atoms with Gasteiger partial charge in [0.2, 0.25) is 5.76 Å². The zero-order valence-corrected chi connectivity index (χ0v) is 24.0. The highest BCUT2D eigenvalue weighted by molar-refractivity contribution is 6.03. The Hall–Kier alpha value is -4.29. The van der Waals surface area contributed by atoms with Crippen LogP contribution in [-0.4, -0.2) is 61.7 Å². The number of piperidine rings is 2. The number of oxazole rings is 1. The largest absolute Gasteiger partial charge is 0.493 e. The first-order chi connectivity index (χ1) is 20.6. The number of halogens is 3. The third-order valence-corrected chi connectivity index (χ3v) is 7.70. The highest BCUT2D eigenvalue weighted by Crippen LogP contribution is 2.35. The Morgan fingerprint density at radius 3 is 2.56 bits per heavy atom. The molecule has 0 aliphatic carbocycles. The molecule has 5 rings (SSSR count). The van der Waals surface area contributed by atoms with E-state index in [1.165, 1.54) is 13.3 Å². The number of methoxy groups -OCH3 is 1. The molecule has 0 saturated carbocycles. The first-order valence-corrected chi connectivity index (χ1v) is 14.3. The SMILES string of the molecule is COC(=O)c1cccc(OCC2CCN(c3ccc(NC(=O)c4oc(N5CCCC(C)C5)nc4C(F)(F)F)cn3)CC2)c1. The number of alkyl halides is 3. The number of carbonyl (C=O) groups is 2. The van der Waals surface area contributed by atoms with Crippen LogP contribution >= 0.6 is 0 Å². The summed E-state index contributed by atoms with van der Waals surface area (Å²) in [5, 5.41) is 2.46. The van der Waals surface area contributed by atoms with Gasteiger partial charge in [0.1, 0.15) is 11.6 Å². The van der Waals surface area contributed by atoms with Crippen LogP contribution in [0.2, 0.25) is 0 Å². The normalized spacial score (nSPS) is 17.9. The molecule has 2 aliphatic rings. The van der Waals surface area contributed by atoms with Gasteiger partial charge in [-0.25, -0.2) is 9.78 Å². The maximum atomic E-state index is 13.7. The van der Waals surface area contributed by atoms with Gasteiger partial charge in [-0.05, 0) is 67.9 Å². The molecule has 3 aromatic rings. The van der Waals surface area contributed by atoms with Crippen molar-refractivity contribution in [2.45, 2.75) is 38.8 Å². The number of ether oxygens (including phenoxy) is 2. The highest BCUT2D eigenvalue weighted by atomic mass is 19.4. The fraction of sp³-hybridized carbons (Fsp3) is 0.467. The molecule has 13 heteroatoms. The van der Waals surface area contributed by atoms with E-state index in [0.29, 0.717) is 42.7 Å². The Morgan fingerprint density at radius 2 is 1.88 bits per heavy atom. The zero-order valence-electron chi connectivity index (χ0n) is 24.0. The van der Waals surface area contributed by atoms with E-state index in [4.69, 9.17) is 13.9 Å². The third kappa shape index (κ3) is 7.38. The number of carbonyl (C=O) groups excluding carboxylic acids is 2. The lowest BCUT2D eigenvalue weighted by Crippen LogP contribution is -2.36. The Morgan fingerprint density at radius 1 is 1.09 bits per heavy atom. The minimum absolute atomic E-state index is 0.194. The molecule has 10 nitrogen and oxygen atoms in total. The van der Waals surface area contributed by atoms with Gasteiger partial charge < -0.3 is 29.0 Å². The molecule has 0 spiro atoms. The molecule has 43 heavy (non-hydrogen) atoms. The predicted octanol–water partition coefficient (Wildman–Crippen LogP) is 5.66. The van der Waals surface area contributed by atoms with E-state index in [-0.39, 0.29) is 17.6 Å². The lowest BCUT2D eigenvalue weighted by Gasteiger charge is -2.32. The molecule has 0 radical (unpaired) electrons. The van der Waals surface area contributed by atoms with E-state index in [1.807, 2.05) is 6.92 Å². The van der Waals surface area contributed by atoms with E-state index in [0.717, 1.165) is 38.8 Å². The van der Waals surface area contributed by atoms with Crippen LogP contribution in [0.15, 0.2) is 47.0 Å². The van der Waals surface area contributed by atoms with Gasteiger partial charge in [-0.15, -0.1) is 0 Å². The molecule has 1 N–H and O–H groups in total. The fourth-order valence-electron chi connectivity index (χ4n) is 5.36. The predicted molar refractivity (Wildman–Crippen MR) is 153 cm³/mol. The number of anilines is 3. The van der Waals surface area contributed by atoms with E-state index in [1.54, 1.807) is 41.3 Å². The molecule has 2 fully saturated rings. The summed E-state index contributed by atoms with van der Waals surface area (Å²) >= 11 is 0. The van der Waals surface area contributed by atoms with Gasteiger partial charge in [0.15, 0.2) is 5.69 Å². The fourth-order valence-corrected chi connectivity index (χ4v) is 5.36. The number of esters is 1. The molecular formula is C30H34F3N5O5. The number of nitrogens with one attached hydrogen (secondary N) is 1. The minimum atomic E-state index is -4.85. The van der Waals surface area contributed by atoms with Crippen molar-refractivity contribution in [3.63, 3.8) is 0 Å². The molecule has 1 amide bonds. The van der Waals surface area contributed by atoms with Gasteiger partial charge in [-0.3, -0.25) is 4.79 Å². The second-order valence-corrected chi connectivity index (χ2v) is 11.0. The number of benzene rings is 1. The molecule has 1 atom stereocenters. The number of aromatic nitrogens is 2. The monoisotopic (exact) mass is 601 g/mol. The Labute approximate surface area is 247 Å². The molecule has 2 aromatic heterocycles. The van der Waals surface area contributed by atoms with Crippen LogP contribution in [-0.2, 0) is 10.9 Å². The summed E-state index contributed by atoms with van der Waals surface area (Å²) < 4.78 is 57.2. The Balaban J connectivity index is 1.15. The van der Waals surface area contributed by atoms with Crippen molar-refractivity contribution in [3.8, 4) is 5.75 Å². The van der Waals surface area contributed by atoms with Gasteiger partial charge in [-0.2, -0.15) is 18.2 Å². The van der Waals surface area contributed by atoms with Crippen molar-refractivity contribution in [1.29, 1.82) is 0 Å². The average Bonchev–Trinajstić information content (AvgIpc) is 3.48. The first-order valence-electron chi connectivity index (χ1n) is 14.3. The van der Waals surface area contributed by atoms with Crippen LogP contribution in [0.25, 0.3) is 0 Å². The molecular weight excluding hydrogens is 567 g/mol. The third-order valence-electron chi connectivity index (χ3n) is 7.70. The van der Waals surface area contributed by atoms with Crippen LogP contribution in [0.4, 0.5) is 30.7 Å². The van der Waals surface area contributed by atoms with Crippen LogP contribution in [0, 0.1) is 11.8 Å². The lowest BCUT2D eigenvalue weighted by molar-refractivity contribution is -0.141. The first kappa shape index (κ1) is 30.2. The smallest absolute Gasteiger partial charge is 0.437 e. The summed E-state index contributed by atoms with van der Waals surface area (Å²) in [5.74, 6) is -0.422. The summed E-state index contributed by atoms with van der Waals surface area (Å²) in [7, 11) is 1.33. The van der Waals surface area contributed by atoms with Crippen LogP contribution in [0.5, 0.6) is 5.75 Å². The van der Waals surface area contributed by atoms with Crippen LogP contribution < -0.4 is 19.9 Å². The molecule has 0 bridgehead atoms. The topological polar surface area (TPSA) is 110 Å². The van der Waals surface area contributed by atoms with Crippen molar-refractivity contribution in [2.24, 2.45) is 11.8 Å². The summed E-state index contributed by atoms with van der Waals surface area (Å²) in [4.78, 5) is 36.4. The van der Waals surface area contributed by atoms with Crippen LogP contribution in [0.3, 0.4) is 0 Å². The standard InChI is InChI=1S/C30H34F3N5O5/c1-19-5-4-12-38(17-19)29-36-26(30(31,32)33)25(43-29)27(39)35-22-8-9-24(34-16-22)37-13-10-20(11-14-37)18-42-23-7-3-6-21(15-23)28(40)41-2/h3,6-9,15-16,19-20H,4-5,10-14,17-18H2,1-2H3,(H,35,39). The molecule has 2 saturated heterocycles. The second-order valence-electron chi connectivity index (χ2n) is 11.0. The minimum Gasteiger partial charge on any atom is -0.493 e. The maximum absolute atomic E-state index is 13.7. The summed E-state index contributed by atoms with van der Waals surface area (Å²) in [6, 6.07) is 9.99. The number of pyridine rings is 1. The Kier molecular flexibility index (Phi) is 9.07. The van der Waals surface area contributed by atoms with E-state index in [9.17, 15) is 22.8 Å². The lowest BCUT2D eigenvalue weighted by atomic mass is 9.98. The quantitative estimate of drug-likeness (QED) is 0.327. The van der Waals surface area contributed by atoms with Crippen molar-refractivity contribution in [3.05, 3.63) is 59.6 Å². The van der Waals surface area contributed by atoms with E-state index >= 15 is 0 Å². The summed E-state index contributed by atoms with van der Waals surface area (Å²) in [5.41, 5.74) is -0.672.